The molecule has 2 aromatic carbocycles. The van der Waals surface area contributed by atoms with Crippen LogP contribution in [-0.4, -0.2) is 69.7 Å². The van der Waals surface area contributed by atoms with Crippen molar-refractivity contribution in [3.63, 3.8) is 0 Å². The van der Waals surface area contributed by atoms with Gasteiger partial charge in [0.1, 0.15) is 5.82 Å². The molecule has 2 aliphatic rings. The molecular formula is C26H30FN5O2S. The molecule has 0 unspecified atom stereocenters. The lowest BCUT2D eigenvalue weighted by Crippen LogP contribution is -2.50. The fourth-order valence-corrected chi connectivity index (χ4v) is 5.58. The fraction of sp³-hybridized carbons (Fsp3) is 0.423. The number of amides is 1. The number of carbonyl (C=O) groups is 1. The Morgan fingerprint density at radius 1 is 1.09 bits per heavy atom. The number of ether oxygens (including phenoxy) is 1. The average molecular weight is 496 g/mol. The van der Waals surface area contributed by atoms with Crippen LogP contribution < -0.4 is 4.90 Å². The van der Waals surface area contributed by atoms with Crippen LogP contribution in [0.1, 0.15) is 19.8 Å². The number of piperazine rings is 1. The van der Waals surface area contributed by atoms with E-state index in [1.54, 1.807) is 12.1 Å². The van der Waals surface area contributed by atoms with Gasteiger partial charge in [0.2, 0.25) is 5.91 Å². The van der Waals surface area contributed by atoms with Gasteiger partial charge in [-0.15, -0.1) is 10.2 Å². The predicted octanol–water partition coefficient (Wildman–Crippen LogP) is 4.09. The third-order valence-electron chi connectivity index (χ3n) is 6.57. The Morgan fingerprint density at radius 3 is 2.51 bits per heavy atom. The summed E-state index contributed by atoms with van der Waals surface area (Å²) >= 11 is 1.43. The summed E-state index contributed by atoms with van der Waals surface area (Å²) < 4.78 is 21.4. The van der Waals surface area contributed by atoms with Gasteiger partial charge in [-0.25, -0.2) is 4.39 Å². The molecular weight excluding hydrogens is 465 g/mol. The summed E-state index contributed by atoms with van der Waals surface area (Å²) in [7, 11) is 0. The first-order valence-corrected chi connectivity index (χ1v) is 13.0. The van der Waals surface area contributed by atoms with Gasteiger partial charge in [0, 0.05) is 44.0 Å². The zero-order valence-electron chi connectivity index (χ0n) is 19.8. The number of benzene rings is 2. The Hall–Kier alpha value is -2.91. The van der Waals surface area contributed by atoms with Crippen molar-refractivity contribution < 1.29 is 13.9 Å². The highest BCUT2D eigenvalue weighted by atomic mass is 32.2. The first kappa shape index (κ1) is 23.8. The number of halogens is 1. The Balaban J connectivity index is 1.28. The SMILES string of the molecule is C[C@@H](Sc1nnc(-c2ccc(F)cc2)n1C[C@H]1CCCO1)C(=O)N1CCN(c2ccccc2)CC1. The third-order valence-corrected chi connectivity index (χ3v) is 7.64. The van der Waals surface area contributed by atoms with Crippen LogP contribution in [0.15, 0.2) is 59.8 Å². The number of nitrogens with zero attached hydrogens (tertiary/aromatic N) is 5. The fourth-order valence-electron chi connectivity index (χ4n) is 4.63. The van der Waals surface area contributed by atoms with Crippen molar-refractivity contribution in [3.8, 4) is 11.4 Å². The largest absolute Gasteiger partial charge is 0.376 e. The van der Waals surface area contributed by atoms with E-state index in [0.717, 1.165) is 38.1 Å². The van der Waals surface area contributed by atoms with Crippen molar-refractivity contribution in [3.05, 3.63) is 60.4 Å². The van der Waals surface area contributed by atoms with Crippen molar-refractivity contribution in [1.29, 1.82) is 0 Å². The van der Waals surface area contributed by atoms with Crippen molar-refractivity contribution in [2.45, 2.75) is 42.8 Å². The van der Waals surface area contributed by atoms with E-state index in [-0.39, 0.29) is 23.1 Å². The molecule has 0 bridgehead atoms. The van der Waals surface area contributed by atoms with Crippen LogP contribution in [0.25, 0.3) is 11.4 Å². The van der Waals surface area contributed by atoms with Crippen LogP contribution in [0, 0.1) is 5.82 Å². The van der Waals surface area contributed by atoms with Gasteiger partial charge in [-0.2, -0.15) is 0 Å². The maximum atomic E-state index is 13.5. The van der Waals surface area contributed by atoms with Gasteiger partial charge in [-0.05, 0) is 56.2 Å². The Labute approximate surface area is 209 Å². The van der Waals surface area contributed by atoms with Crippen LogP contribution in [0.3, 0.4) is 0 Å². The Bertz CT molecular complexity index is 1130. The molecule has 7 nitrogen and oxygen atoms in total. The molecule has 0 spiro atoms. The molecule has 3 heterocycles. The molecule has 2 aliphatic heterocycles. The first-order chi connectivity index (χ1) is 17.1. The summed E-state index contributed by atoms with van der Waals surface area (Å²) in [6.45, 7) is 6.32. The summed E-state index contributed by atoms with van der Waals surface area (Å²) in [6.07, 6.45) is 2.10. The topological polar surface area (TPSA) is 63.5 Å². The highest BCUT2D eigenvalue weighted by Gasteiger charge is 2.28. The van der Waals surface area contributed by atoms with Crippen LogP contribution in [-0.2, 0) is 16.1 Å². The molecule has 5 rings (SSSR count). The highest BCUT2D eigenvalue weighted by Crippen LogP contribution is 2.30. The minimum atomic E-state index is -0.299. The number of anilines is 1. The number of thioether (sulfide) groups is 1. The van der Waals surface area contributed by atoms with Crippen molar-refractivity contribution >= 4 is 23.4 Å². The first-order valence-electron chi connectivity index (χ1n) is 12.1. The Morgan fingerprint density at radius 2 is 1.83 bits per heavy atom. The second-order valence-corrected chi connectivity index (χ2v) is 10.3. The smallest absolute Gasteiger partial charge is 0.236 e. The predicted molar refractivity (Wildman–Crippen MR) is 135 cm³/mol. The van der Waals surface area contributed by atoms with E-state index in [2.05, 4.69) is 27.2 Å². The number of para-hydroxylation sites is 1. The van der Waals surface area contributed by atoms with Gasteiger partial charge in [0.15, 0.2) is 11.0 Å². The van der Waals surface area contributed by atoms with E-state index in [9.17, 15) is 9.18 Å². The molecule has 2 atom stereocenters. The summed E-state index contributed by atoms with van der Waals surface area (Å²) in [5, 5.41) is 9.22. The van der Waals surface area contributed by atoms with Crippen molar-refractivity contribution in [2.24, 2.45) is 0 Å². The third kappa shape index (κ3) is 5.51. The summed E-state index contributed by atoms with van der Waals surface area (Å²) in [4.78, 5) is 17.5. The number of aromatic nitrogens is 3. The normalized spacial score (nSPS) is 19.2. The molecule has 0 aliphatic carbocycles. The molecule has 184 valence electrons. The molecule has 35 heavy (non-hydrogen) atoms. The molecule has 0 radical (unpaired) electrons. The van der Waals surface area contributed by atoms with E-state index >= 15 is 0 Å². The molecule has 2 saturated heterocycles. The number of hydrogen-bond acceptors (Lipinski definition) is 6. The van der Waals surface area contributed by atoms with Crippen molar-refractivity contribution in [1.82, 2.24) is 19.7 Å². The monoisotopic (exact) mass is 495 g/mol. The van der Waals surface area contributed by atoms with E-state index in [4.69, 9.17) is 4.74 Å². The molecule has 1 aromatic heterocycles. The molecule has 0 saturated carbocycles. The van der Waals surface area contributed by atoms with Gasteiger partial charge < -0.3 is 14.5 Å². The maximum absolute atomic E-state index is 13.5. The van der Waals surface area contributed by atoms with E-state index in [1.807, 2.05) is 34.6 Å². The standard InChI is InChI=1S/C26H30FN5O2S/c1-19(25(33)31-15-13-30(14-16-31)22-6-3-2-4-7-22)35-26-29-28-24(20-9-11-21(27)12-10-20)32(26)18-23-8-5-17-34-23/h2-4,6-7,9-12,19,23H,5,8,13-18H2,1H3/t19-,23-/m1/s1. The van der Waals surface area contributed by atoms with Gasteiger partial charge in [-0.1, -0.05) is 30.0 Å². The second-order valence-electron chi connectivity index (χ2n) is 8.97. The summed E-state index contributed by atoms with van der Waals surface area (Å²) in [5.41, 5.74) is 1.98. The van der Waals surface area contributed by atoms with Crippen LogP contribution in [0.4, 0.5) is 10.1 Å². The van der Waals surface area contributed by atoms with Crippen LogP contribution in [0.5, 0.6) is 0 Å². The lowest BCUT2D eigenvalue weighted by Gasteiger charge is -2.37. The van der Waals surface area contributed by atoms with Gasteiger partial charge >= 0.3 is 0 Å². The average Bonchev–Trinajstić information content (AvgIpc) is 3.55. The van der Waals surface area contributed by atoms with E-state index < -0.39 is 0 Å². The Kier molecular flexibility index (Phi) is 7.34. The number of carbonyl (C=O) groups excluding carboxylic acids is 1. The number of hydrogen-bond donors (Lipinski definition) is 0. The number of rotatable bonds is 7. The minimum Gasteiger partial charge on any atom is -0.376 e. The summed E-state index contributed by atoms with van der Waals surface area (Å²) in [6, 6.07) is 16.6. The van der Waals surface area contributed by atoms with E-state index in [1.165, 1.54) is 29.6 Å². The van der Waals surface area contributed by atoms with Gasteiger partial charge in [0.25, 0.3) is 0 Å². The second kappa shape index (κ2) is 10.8. The summed E-state index contributed by atoms with van der Waals surface area (Å²) in [5.74, 6) is 0.483. The molecule has 9 heteroatoms. The molecule has 2 fully saturated rings. The lowest BCUT2D eigenvalue weighted by molar-refractivity contribution is -0.130. The zero-order valence-corrected chi connectivity index (χ0v) is 20.7. The van der Waals surface area contributed by atoms with E-state index in [0.29, 0.717) is 30.6 Å². The molecule has 0 N–H and O–H groups in total. The maximum Gasteiger partial charge on any atom is 0.236 e. The van der Waals surface area contributed by atoms with Gasteiger partial charge in [-0.3, -0.25) is 9.36 Å². The highest BCUT2D eigenvalue weighted by molar-refractivity contribution is 8.00. The molecule has 3 aromatic rings. The van der Waals surface area contributed by atoms with Crippen LogP contribution in [0.2, 0.25) is 0 Å². The lowest BCUT2D eigenvalue weighted by atomic mass is 10.2. The quantitative estimate of drug-likeness (QED) is 0.460. The zero-order chi connectivity index (χ0) is 24.2. The molecule has 1 amide bonds. The minimum absolute atomic E-state index is 0.0848. The van der Waals surface area contributed by atoms with Crippen LogP contribution >= 0.6 is 11.8 Å². The van der Waals surface area contributed by atoms with Crippen molar-refractivity contribution in [2.75, 3.05) is 37.7 Å². The van der Waals surface area contributed by atoms with Gasteiger partial charge in [0.05, 0.1) is 17.9 Å².